The summed E-state index contributed by atoms with van der Waals surface area (Å²) in [6.07, 6.45) is 3.62. The van der Waals surface area contributed by atoms with E-state index in [1.165, 1.54) is 0 Å². The molecular formula is C23H23ClN2O3. The Morgan fingerprint density at radius 1 is 1.38 bits per heavy atom. The van der Waals surface area contributed by atoms with E-state index in [0.717, 1.165) is 47.5 Å². The molecule has 3 aliphatic rings. The van der Waals surface area contributed by atoms with Gasteiger partial charge in [0, 0.05) is 36.7 Å². The van der Waals surface area contributed by atoms with Gasteiger partial charge in [-0.25, -0.2) is 4.79 Å². The Bertz CT molecular complexity index is 1010. The second-order valence-electron chi connectivity index (χ2n) is 7.29. The van der Waals surface area contributed by atoms with E-state index < -0.39 is 6.09 Å². The Morgan fingerprint density at radius 3 is 3.07 bits per heavy atom. The lowest BCUT2D eigenvalue weighted by Gasteiger charge is -2.22. The lowest BCUT2D eigenvalue weighted by Crippen LogP contribution is -2.27. The number of halogens is 1. The summed E-state index contributed by atoms with van der Waals surface area (Å²) in [4.78, 5) is 14.3. The van der Waals surface area contributed by atoms with Gasteiger partial charge in [-0.15, -0.1) is 6.58 Å². The van der Waals surface area contributed by atoms with Crippen LogP contribution in [0.4, 0.5) is 4.79 Å². The van der Waals surface area contributed by atoms with Crippen molar-refractivity contribution in [3.8, 4) is 17.1 Å². The fraction of sp³-hybridized carbons (Fsp3) is 0.261. The predicted octanol–water partition coefficient (Wildman–Crippen LogP) is 4.93. The number of hydrogen-bond donors (Lipinski definition) is 1. The molecule has 1 N–H and O–H groups in total. The second-order valence-corrected chi connectivity index (χ2v) is 7.70. The molecule has 0 saturated carbocycles. The van der Waals surface area contributed by atoms with Gasteiger partial charge in [0.25, 0.3) is 0 Å². The zero-order chi connectivity index (χ0) is 20.4. The number of carbonyl (C=O) groups is 1. The van der Waals surface area contributed by atoms with Crippen LogP contribution < -0.4 is 10.1 Å². The molecule has 29 heavy (non-hydrogen) atoms. The van der Waals surface area contributed by atoms with E-state index in [9.17, 15) is 4.79 Å². The number of fused-ring (bicyclic) bond motifs is 2. The average Bonchev–Trinajstić information content (AvgIpc) is 3.08. The van der Waals surface area contributed by atoms with Crippen LogP contribution in [-0.4, -0.2) is 37.7 Å². The predicted molar refractivity (Wildman–Crippen MR) is 114 cm³/mol. The molecule has 0 saturated heterocycles. The fourth-order valence-corrected chi connectivity index (χ4v) is 4.11. The van der Waals surface area contributed by atoms with Gasteiger partial charge in [-0.1, -0.05) is 29.8 Å². The van der Waals surface area contributed by atoms with Gasteiger partial charge in [-0.05, 0) is 48.9 Å². The quantitative estimate of drug-likeness (QED) is 0.619. The maximum atomic E-state index is 12.0. The van der Waals surface area contributed by atoms with Crippen molar-refractivity contribution in [1.82, 2.24) is 10.2 Å². The zero-order valence-electron chi connectivity index (χ0n) is 16.3. The molecular weight excluding hydrogens is 388 g/mol. The smallest absolute Gasteiger partial charge is 0.412 e. The molecule has 0 aromatic heterocycles. The van der Waals surface area contributed by atoms with Crippen LogP contribution in [0.25, 0.3) is 11.3 Å². The minimum Gasteiger partial charge on any atom is -0.464 e. The lowest BCUT2D eigenvalue weighted by molar-refractivity contribution is 0.201. The summed E-state index contributed by atoms with van der Waals surface area (Å²) in [6.45, 7) is 5.67. The van der Waals surface area contributed by atoms with Crippen LogP contribution >= 0.6 is 11.6 Å². The Kier molecular flexibility index (Phi) is 5.60. The van der Waals surface area contributed by atoms with E-state index in [4.69, 9.17) is 20.8 Å². The molecule has 0 bridgehead atoms. The number of carbonyl (C=O) groups excluding carboxylic acids is 1. The number of amides is 1. The normalized spacial score (nSPS) is 16.8. The molecule has 0 spiro atoms. The van der Waals surface area contributed by atoms with E-state index in [0.29, 0.717) is 17.3 Å². The zero-order valence-corrected chi connectivity index (χ0v) is 17.0. The van der Waals surface area contributed by atoms with E-state index in [2.05, 4.69) is 36.0 Å². The number of ether oxygens (including phenoxy) is 1. The summed E-state index contributed by atoms with van der Waals surface area (Å²) >= 11 is 6.44. The SMILES string of the molecule is C=CCNC(=O)Oc1cc2c(cc1Cl)CCN(C)CC2c1ccc2cccoc1-2. The molecule has 150 valence electrons. The van der Waals surface area contributed by atoms with Crippen molar-refractivity contribution in [3.63, 3.8) is 0 Å². The second kappa shape index (κ2) is 8.31. The molecule has 5 nitrogen and oxygen atoms in total. The first-order chi connectivity index (χ1) is 14.1. The molecule has 0 fully saturated rings. The van der Waals surface area contributed by atoms with Crippen LogP contribution in [-0.2, 0) is 6.42 Å². The summed E-state index contributed by atoms with van der Waals surface area (Å²) in [7, 11) is 2.11. The van der Waals surface area contributed by atoms with Gasteiger partial charge in [0.1, 0.15) is 5.76 Å². The topological polar surface area (TPSA) is 54.7 Å². The Hall–Kier alpha value is -2.76. The molecule has 1 amide bonds. The first kappa shape index (κ1) is 19.6. The van der Waals surface area contributed by atoms with Crippen LogP contribution in [0.1, 0.15) is 22.6 Å². The van der Waals surface area contributed by atoms with Gasteiger partial charge in [-0.3, -0.25) is 0 Å². The molecule has 6 heteroatoms. The van der Waals surface area contributed by atoms with Crippen molar-refractivity contribution in [2.24, 2.45) is 0 Å². The summed E-state index contributed by atoms with van der Waals surface area (Å²) in [5.41, 5.74) is 4.47. The van der Waals surface area contributed by atoms with Gasteiger partial charge in [0.05, 0.1) is 11.3 Å². The van der Waals surface area contributed by atoms with Crippen LogP contribution in [0.3, 0.4) is 0 Å². The number of rotatable bonds is 4. The summed E-state index contributed by atoms with van der Waals surface area (Å²) in [5.74, 6) is 1.33. The number of hydrogen-bond acceptors (Lipinski definition) is 4. The molecule has 2 aliphatic heterocycles. The molecule has 2 heterocycles. The van der Waals surface area contributed by atoms with Crippen molar-refractivity contribution in [3.05, 3.63) is 77.0 Å². The molecule has 1 aromatic rings. The molecule has 1 unspecified atom stereocenters. The van der Waals surface area contributed by atoms with E-state index in [1.807, 2.05) is 24.3 Å². The highest BCUT2D eigenvalue weighted by Gasteiger charge is 2.29. The van der Waals surface area contributed by atoms with Gasteiger partial charge in [-0.2, -0.15) is 0 Å². The number of nitrogens with one attached hydrogen (secondary N) is 1. The maximum Gasteiger partial charge on any atom is 0.412 e. The van der Waals surface area contributed by atoms with Crippen LogP contribution in [0.5, 0.6) is 5.75 Å². The maximum absolute atomic E-state index is 12.0. The Labute approximate surface area is 175 Å². The van der Waals surface area contributed by atoms with Crippen LogP contribution in [0, 0.1) is 0 Å². The van der Waals surface area contributed by atoms with E-state index in [1.54, 1.807) is 12.3 Å². The molecule has 1 aliphatic carbocycles. The summed E-state index contributed by atoms with van der Waals surface area (Å²) < 4.78 is 11.3. The number of likely N-dealkylation sites (N-methyl/N-ethyl adjacent to an activating group) is 1. The number of nitrogens with zero attached hydrogens (tertiary/aromatic N) is 1. The van der Waals surface area contributed by atoms with Crippen molar-refractivity contribution in [2.45, 2.75) is 12.3 Å². The van der Waals surface area contributed by atoms with Gasteiger partial charge in [0.2, 0.25) is 0 Å². The summed E-state index contributed by atoms with van der Waals surface area (Å²) in [5, 5.41) is 3.04. The fourth-order valence-electron chi connectivity index (χ4n) is 3.89. The monoisotopic (exact) mass is 410 g/mol. The first-order valence-corrected chi connectivity index (χ1v) is 9.98. The average molecular weight is 411 g/mol. The highest BCUT2D eigenvalue weighted by atomic mass is 35.5. The highest BCUT2D eigenvalue weighted by molar-refractivity contribution is 6.32. The highest BCUT2D eigenvalue weighted by Crippen LogP contribution is 2.41. The molecule has 1 aromatic carbocycles. The Morgan fingerprint density at radius 2 is 2.24 bits per heavy atom. The Balaban J connectivity index is 1.75. The minimum absolute atomic E-state index is 0.0806. The van der Waals surface area contributed by atoms with E-state index >= 15 is 0 Å². The summed E-state index contributed by atoms with van der Waals surface area (Å²) in [6, 6.07) is 12.0. The van der Waals surface area contributed by atoms with Gasteiger partial charge < -0.3 is 19.4 Å². The van der Waals surface area contributed by atoms with Crippen molar-refractivity contribution in [1.29, 1.82) is 0 Å². The van der Waals surface area contributed by atoms with Crippen molar-refractivity contribution < 1.29 is 13.9 Å². The third kappa shape index (κ3) is 4.02. The van der Waals surface area contributed by atoms with E-state index in [-0.39, 0.29) is 5.92 Å². The lowest BCUT2D eigenvalue weighted by atomic mass is 9.88. The molecule has 1 atom stereocenters. The molecule has 0 radical (unpaired) electrons. The third-order valence-electron chi connectivity index (χ3n) is 5.30. The number of benzene rings is 1. The van der Waals surface area contributed by atoms with Crippen molar-refractivity contribution >= 4 is 17.7 Å². The van der Waals surface area contributed by atoms with Crippen LogP contribution in [0.15, 0.2) is 59.7 Å². The standard InChI is InChI=1S/C23H23ClN2O3/c1-3-9-25-23(27)29-21-13-18-16(12-20(21)24)8-10-26(2)14-19(18)17-7-6-15-5-4-11-28-22(15)17/h3-7,11-13,19H,1,8-10,14H2,2H3,(H,25,27). The van der Waals surface area contributed by atoms with Crippen molar-refractivity contribution in [2.75, 3.05) is 26.7 Å². The largest absolute Gasteiger partial charge is 0.464 e. The minimum atomic E-state index is -0.553. The molecule has 4 rings (SSSR count). The van der Waals surface area contributed by atoms with Gasteiger partial charge in [0.15, 0.2) is 5.75 Å². The first-order valence-electron chi connectivity index (χ1n) is 9.60. The third-order valence-corrected chi connectivity index (χ3v) is 5.60. The van der Waals surface area contributed by atoms with Gasteiger partial charge >= 0.3 is 6.09 Å². The van der Waals surface area contributed by atoms with Crippen LogP contribution in [0.2, 0.25) is 5.02 Å².